The van der Waals surface area contributed by atoms with Gasteiger partial charge in [-0.1, -0.05) is 16.8 Å². The maximum absolute atomic E-state index is 10.9. The van der Waals surface area contributed by atoms with E-state index in [0.717, 1.165) is 30.6 Å². The van der Waals surface area contributed by atoms with Gasteiger partial charge in [0.2, 0.25) is 5.89 Å². The van der Waals surface area contributed by atoms with E-state index in [2.05, 4.69) is 15.0 Å². The minimum absolute atomic E-state index is 0.0114. The van der Waals surface area contributed by atoms with Crippen molar-refractivity contribution < 1.29 is 9.45 Å². The maximum atomic E-state index is 10.9. The Hall–Kier alpha value is -2.15. The Kier molecular flexibility index (Phi) is 4.21. The fourth-order valence-electron chi connectivity index (χ4n) is 3.09. The van der Waals surface area contributed by atoms with Crippen LogP contribution in [0, 0.1) is 24.0 Å². The number of hydrogen-bond donors (Lipinski definition) is 0. The Balaban J connectivity index is 1.88. The smallest absolute Gasteiger partial charge is 0.271 e. The van der Waals surface area contributed by atoms with Crippen molar-refractivity contribution in [2.45, 2.75) is 32.6 Å². The number of nitro groups is 1. The average Bonchev–Trinajstić information content (AvgIpc) is 2.93. The molecule has 0 N–H and O–H groups in total. The number of halogens is 1. The molecule has 1 aliphatic heterocycles. The zero-order valence-corrected chi connectivity index (χ0v) is 13.7. The summed E-state index contributed by atoms with van der Waals surface area (Å²) >= 11 is 6.31. The number of piperidine rings is 1. The first kappa shape index (κ1) is 15.7. The number of non-ortho nitro benzene ring substituents is 1. The number of nitro benzene ring substituents is 1. The van der Waals surface area contributed by atoms with Gasteiger partial charge >= 0.3 is 0 Å². The van der Waals surface area contributed by atoms with Crippen LogP contribution < -0.4 is 4.90 Å². The van der Waals surface area contributed by atoms with Crippen molar-refractivity contribution in [3.63, 3.8) is 0 Å². The molecule has 1 aliphatic rings. The van der Waals surface area contributed by atoms with Gasteiger partial charge in [-0.3, -0.25) is 10.1 Å². The Morgan fingerprint density at radius 2 is 2.22 bits per heavy atom. The van der Waals surface area contributed by atoms with Gasteiger partial charge < -0.3 is 9.42 Å². The van der Waals surface area contributed by atoms with Crippen molar-refractivity contribution in [1.29, 1.82) is 0 Å². The SMILES string of the molecule is Cc1noc(C2CCCN(c3c(C)cc([N+](=O)[O-])cc3Cl)C2)n1. The molecule has 2 heterocycles. The first-order valence-corrected chi connectivity index (χ1v) is 7.83. The quantitative estimate of drug-likeness (QED) is 0.628. The van der Waals surface area contributed by atoms with Gasteiger partial charge in [0.25, 0.3) is 5.69 Å². The molecule has 23 heavy (non-hydrogen) atoms. The molecule has 2 aromatic rings. The summed E-state index contributed by atoms with van der Waals surface area (Å²) in [5.74, 6) is 1.42. The second-order valence-corrected chi connectivity index (χ2v) is 6.22. The molecule has 1 aromatic carbocycles. The Morgan fingerprint density at radius 3 is 2.83 bits per heavy atom. The molecule has 1 atom stereocenters. The van der Waals surface area contributed by atoms with E-state index in [1.54, 1.807) is 13.0 Å². The average molecular weight is 337 g/mol. The van der Waals surface area contributed by atoms with Crippen LogP contribution in [0.15, 0.2) is 16.7 Å². The van der Waals surface area contributed by atoms with Crippen molar-refractivity contribution in [2.75, 3.05) is 18.0 Å². The van der Waals surface area contributed by atoms with Crippen LogP contribution in [0.5, 0.6) is 0 Å². The summed E-state index contributed by atoms with van der Waals surface area (Å²) in [6.07, 6.45) is 1.95. The van der Waals surface area contributed by atoms with E-state index in [0.29, 0.717) is 23.3 Å². The lowest BCUT2D eigenvalue weighted by atomic mass is 9.96. The lowest BCUT2D eigenvalue weighted by Gasteiger charge is -2.34. The van der Waals surface area contributed by atoms with Gasteiger partial charge in [0.1, 0.15) is 0 Å². The van der Waals surface area contributed by atoms with Crippen molar-refractivity contribution >= 4 is 23.0 Å². The molecule has 1 unspecified atom stereocenters. The van der Waals surface area contributed by atoms with Crippen molar-refractivity contribution in [3.05, 3.63) is 44.5 Å². The van der Waals surface area contributed by atoms with Crippen LogP contribution in [-0.2, 0) is 0 Å². The maximum Gasteiger partial charge on any atom is 0.271 e. The van der Waals surface area contributed by atoms with E-state index >= 15 is 0 Å². The van der Waals surface area contributed by atoms with E-state index in [9.17, 15) is 10.1 Å². The van der Waals surface area contributed by atoms with Crippen LogP contribution in [0.1, 0.15) is 36.0 Å². The molecule has 0 saturated carbocycles. The molecule has 0 radical (unpaired) electrons. The van der Waals surface area contributed by atoms with E-state index in [-0.39, 0.29) is 11.6 Å². The number of benzene rings is 1. The van der Waals surface area contributed by atoms with Gasteiger partial charge in [-0.05, 0) is 32.3 Å². The topological polar surface area (TPSA) is 85.3 Å². The summed E-state index contributed by atoms with van der Waals surface area (Å²) in [5.41, 5.74) is 1.65. The Morgan fingerprint density at radius 1 is 1.43 bits per heavy atom. The summed E-state index contributed by atoms with van der Waals surface area (Å²) in [5, 5.41) is 15.2. The fraction of sp³-hybridized carbons (Fsp3) is 0.467. The first-order chi connectivity index (χ1) is 11.0. The standard InChI is InChI=1S/C15H17ClN4O3/c1-9-6-12(20(21)22)7-13(16)14(9)19-5-3-4-11(8-19)15-17-10(2)18-23-15/h6-7,11H,3-5,8H2,1-2H3. The summed E-state index contributed by atoms with van der Waals surface area (Å²) < 4.78 is 5.29. The molecule has 122 valence electrons. The van der Waals surface area contributed by atoms with E-state index in [4.69, 9.17) is 16.1 Å². The highest BCUT2D eigenvalue weighted by Gasteiger charge is 2.28. The molecule has 0 spiro atoms. The molecule has 0 aliphatic carbocycles. The monoisotopic (exact) mass is 336 g/mol. The lowest BCUT2D eigenvalue weighted by Crippen LogP contribution is -2.35. The predicted molar refractivity (Wildman–Crippen MR) is 86.1 cm³/mol. The lowest BCUT2D eigenvalue weighted by molar-refractivity contribution is -0.384. The molecular weight excluding hydrogens is 320 g/mol. The second kappa shape index (κ2) is 6.16. The van der Waals surface area contributed by atoms with E-state index < -0.39 is 4.92 Å². The Bertz CT molecular complexity index is 723. The van der Waals surface area contributed by atoms with Crippen molar-refractivity contribution in [1.82, 2.24) is 10.1 Å². The van der Waals surface area contributed by atoms with Crippen LogP contribution in [0.3, 0.4) is 0 Å². The number of rotatable bonds is 3. The van der Waals surface area contributed by atoms with Gasteiger partial charge in [0, 0.05) is 25.2 Å². The summed E-state index contributed by atoms with van der Waals surface area (Å²) in [7, 11) is 0. The minimum Gasteiger partial charge on any atom is -0.369 e. The normalized spacial score (nSPS) is 18.2. The summed E-state index contributed by atoms with van der Waals surface area (Å²) in [6.45, 7) is 5.20. The third-order valence-corrected chi connectivity index (χ3v) is 4.37. The van der Waals surface area contributed by atoms with E-state index in [1.807, 2.05) is 6.92 Å². The molecule has 1 aromatic heterocycles. The molecule has 1 saturated heterocycles. The fourth-order valence-corrected chi connectivity index (χ4v) is 3.47. The number of nitrogens with zero attached hydrogens (tertiary/aromatic N) is 4. The second-order valence-electron chi connectivity index (χ2n) is 5.82. The van der Waals surface area contributed by atoms with Crippen LogP contribution in [0.25, 0.3) is 0 Å². The first-order valence-electron chi connectivity index (χ1n) is 7.45. The Labute approximate surface area is 138 Å². The third kappa shape index (κ3) is 3.14. The van der Waals surface area contributed by atoms with Gasteiger partial charge in [-0.25, -0.2) is 0 Å². The highest BCUT2D eigenvalue weighted by molar-refractivity contribution is 6.33. The van der Waals surface area contributed by atoms with Crippen LogP contribution in [-0.4, -0.2) is 28.2 Å². The molecule has 0 bridgehead atoms. The number of hydrogen-bond acceptors (Lipinski definition) is 6. The van der Waals surface area contributed by atoms with Crippen LogP contribution in [0.4, 0.5) is 11.4 Å². The highest BCUT2D eigenvalue weighted by atomic mass is 35.5. The van der Waals surface area contributed by atoms with Gasteiger partial charge in [-0.2, -0.15) is 4.98 Å². The molecule has 8 heteroatoms. The molecular formula is C15H17ClN4O3. The van der Waals surface area contributed by atoms with Crippen LogP contribution in [0.2, 0.25) is 5.02 Å². The number of aromatic nitrogens is 2. The van der Waals surface area contributed by atoms with Crippen LogP contribution >= 0.6 is 11.6 Å². The number of anilines is 1. The largest absolute Gasteiger partial charge is 0.369 e. The van der Waals surface area contributed by atoms with Crippen molar-refractivity contribution in [3.8, 4) is 0 Å². The van der Waals surface area contributed by atoms with Crippen molar-refractivity contribution in [2.24, 2.45) is 0 Å². The van der Waals surface area contributed by atoms with Gasteiger partial charge in [-0.15, -0.1) is 0 Å². The molecule has 0 amide bonds. The van der Waals surface area contributed by atoms with Gasteiger partial charge in [0.05, 0.1) is 21.6 Å². The molecule has 3 rings (SSSR count). The third-order valence-electron chi connectivity index (χ3n) is 4.08. The van der Waals surface area contributed by atoms with E-state index in [1.165, 1.54) is 6.07 Å². The molecule has 1 fully saturated rings. The minimum atomic E-state index is -0.428. The molecule has 7 nitrogen and oxygen atoms in total. The predicted octanol–water partition coefficient (Wildman–Crippen LogP) is 3.63. The summed E-state index contributed by atoms with van der Waals surface area (Å²) in [4.78, 5) is 17.0. The zero-order valence-electron chi connectivity index (χ0n) is 13.0. The summed E-state index contributed by atoms with van der Waals surface area (Å²) in [6, 6.07) is 2.96. The highest BCUT2D eigenvalue weighted by Crippen LogP contribution is 2.37. The van der Waals surface area contributed by atoms with Gasteiger partial charge in [0.15, 0.2) is 5.82 Å². The number of aryl methyl sites for hydroxylation is 2. The zero-order chi connectivity index (χ0) is 16.6.